The lowest BCUT2D eigenvalue weighted by atomic mass is 10.2. The third-order valence-electron chi connectivity index (χ3n) is 3.68. The van der Waals surface area contributed by atoms with E-state index in [1.54, 1.807) is 35.6 Å². The van der Waals surface area contributed by atoms with Gasteiger partial charge in [-0.15, -0.1) is 11.3 Å². The van der Waals surface area contributed by atoms with Crippen LogP contribution in [0.15, 0.2) is 41.8 Å². The summed E-state index contributed by atoms with van der Waals surface area (Å²) in [6.07, 6.45) is 0.655. The van der Waals surface area contributed by atoms with Crippen LogP contribution < -0.4 is 20.7 Å². The van der Waals surface area contributed by atoms with Crippen molar-refractivity contribution in [2.24, 2.45) is 0 Å². The van der Waals surface area contributed by atoms with Crippen molar-refractivity contribution in [3.63, 3.8) is 0 Å². The van der Waals surface area contributed by atoms with Crippen molar-refractivity contribution in [1.82, 2.24) is 16.0 Å². The van der Waals surface area contributed by atoms with Gasteiger partial charge in [-0.25, -0.2) is 4.79 Å². The Hall–Kier alpha value is -3.40. The summed E-state index contributed by atoms with van der Waals surface area (Å²) in [4.78, 5) is 48.1. The molecule has 0 saturated heterocycles. The van der Waals surface area contributed by atoms with Gasteiger partial charge in [0.2, 0.25) is 0 Å². The van der Waals surface area contributed by atoms with Gasteiger partial charge in [0.15, 0.2) is 6.61 Å². The van der Waals surface area contributed by atoms with Crippen LogP contribution in [0.3, 0.4) is 0 Å². The monoisotopic (exact) mass is 433 g/mol. The van der Waals surface area contributed by atoms with E-state index < -0.39 is 37.0 Å². The minimum Gasteiger partial charge on any atom is -0.494 e. The van der Waals surface area contributed by atoms with E-state index in [1.807, 2.05) is 24.4 Å². The molecule has 30 heavy (non-hydrogen) atoms. The molecule has 0 aliphatic carbocycles. The number of nitrogens with one attached hydrogen (secondary N) is 3. The summed E-state index contributed by atoms with van der Waals surface area (Å²) in [5, 5.41) is 8.93. The first-order chi connectivity index (χ1) is 14.5. The van der Waals surface area contributed by atoms with Gasteiger partial charge in [-0.05, 0) is 49.1 Å². The second kappa shape index (κ2) is 12.2. The van der Waals surface area contributed by atoms with Gasteiger partial charge in [0.05, 0.1) is 6.61 Å². The molecule has 3 N–H and O–H groups in total. The maximum atomic E-state index is 12.0. The molecule has 0 radical (unpaired) electrons. The molecule has 160 valence electrons. The molecule has 0 atom stereocenters. The highest BCUT2D eigenvalue weighted by atomic mass is 32.1. The van der Waals surface area contributed by atoms with E-state index in [1.165, 1.54) is 0 Å². The largest absolute Gasteiger partial charge is 0.494 e. The van der Waals surface area contributed by atoms with Crippen molar-refractivity contribution in [3.05, 3.63) is 52.2 Å². The molecule has 0 saturated carbocycles. The molecule has 10 heteroatoms. The number of esters is 1. The molecule has 0 aliphatic rings. The second-order valence-corrected chi connectivity index (χ2v) is 6.97. The van der Waals surface area contributed by atoms with Gasteiger partial charge in [-0.2, -0.15) is 0 Å². The zero-order valence-corrected chi connectivity index (χ0v) is 17.3. The predicted molar refractivity (Wildman–Crippen MR) is 110 cm³/mol. The summed E-state index contributed by atoms with van der Waals surface area (Å²) in [6.45, 7) is 1.70. The first-order valence-electron chi connectivity index (χ1n) is 9.24. The lowest BCUT2D eigenvalue weighted by Gasteiger charge is -2.08. The van der Waals surface area contributed by atoms with Gasteiger partial charge in [-0.1, -0.05) is 6.07 Å². The van der Waals surface area contributed by atoms with E-state index in [-0.39, 0.29) is 0 Å². The molecule has 4 amide bonds. The van der Waals surface area contributed by atoms with E-state index in [9.17, 15) is 19.2 Å². The van der Waals surface area contributed by atoms with Crippen molar-refractivity contribution in [2.45, 2.75) is 13.3 Å². The Balaban J connectivity index is 1.60. The number of benzene rings is 1. The van der Waals surface area contributed by atoms with Crippen molar-refractivity contribution < 1.29 is 28.7 Å². The van der Waals surface area contributed by atoms with Crippen LogP contribution in [0.1, 0.15) is 22.2 Å². The number of thiophene rings is 1. The van der Waals surface area contributed by atoms with E-state index in [0.717, 1.165) is 4.88 Å². The number of carbonyl (C=O) groups excluding carboxylic acids is 4. The fourth-order valence-electron chi connectivity index (χ4n) is 2.28. The molecule has 1 aromatic heterocycles. The summed E-state index contributed by atoms with van der Waals surface area (Å²) in [5.74, 6) is -1.41. The number of imide groups is 1. The molecule has 1 heterocycles. The Morgan fingerprint density at radius 2 is 1.80 bits per heavy atom. The number of amides is 4. The first-order valence-corrected chi connectivity index (χ1v) is 10.1. The Kier molecular flexibility index (Phi) is 9.32. The van der Waals surface area contributed by atoms with Crippen LogP contribution in [0.4, 0.5) is 4.79 Å². The molecule has 2 rings (SSSR count). The SMILES string of the molecule is CCOc1ccc(C(=O)NCC(=O)OCC(=O)NC(=O)NCCc2cccs2)cc1. The minimum absolute atomic E-state index is 0.350. The van der Waals surface area contributed by atoms with Crippen LogP contribution in [-0.2, 0) is 20.7 Å². The van der Waals surface area contributed by atoms with Crippen LogP contribution in [0, 0.1) is 0 Å². The smallest absolute Gasteiger partial charge is 0.325 e. The van der Waals surface area contributed by atoms with Gasteiger partial charge in [0.25, 0.3) is 11.8 Å². The maximum Gasteiger partial charge on any atom is 0.325 e. The minimum atomic E-state index is -0.803. The van der Waals surface area contributed by atoms with Crippen LogP contribution in [0.25, 0.3) is 0 Å². The first kappa shape index (κ1) is 22.9. The normalized spacial score (nSPS) is 10.0. The van der Waals surface area contributed by atoms with Crippen LogP contribution >= 0.6 is 11.3 Å². The summed E-state index contributed by atoms with van der Waals surface area (Å²) in [5.41, 5.74) is 0.350. The zero-order valence-electron chi connectivity index (χ0n) is 16.4. The van der Waals surface area contributed by atoms with Crippen molar-refractivity contribution >= 4 is 35.2 Å². The van der Waals surface area contributed by atoms with E-state index in [4.69, 9.17) is 9.47 Å². The van der Waals surface area contributed by atoms with Gasteiger partial charge >= 0.3 is 12.0 Å². The molecule has 9 nitrogen and oxygen atoms in total. The molecule has 0 aliphatic heterocycles. The lowest BCUT2D eigenvalue weighted by molar-refractivity contribution is -0.147. The average molecular weight is 433 g/mol. The molecule has 0 spiro atoms. The highest BCUT2D eigenvalue weighted by Gasteiger charge is 2.12. The Labute approximate surface area is 177 Å². The predicted octanol–water partition coefficient (Wildman–Crippen LogP) is 1.49. The highest BCUT2D eigenvalue weighted by Crippen LogP contribution is 2.11. The topological polar surface area (TPSA) is 123 Å². The van der Waals surface area contributed by atoms with Crippen LogP contribution in [0.2, 0.25) is 0 Å². The highest BCUT2D eigenvalue weighted by molar-refractivity contribution is 7.09. The molecule has 0 unspecified atom stereocenters. The summed E-state index contributed by atoms with van der Waals surface area (Å²) in [6, 6.07) is 9.62. The van der Waals surface area contributed by atoms with E-state index in [0.29, 0.717) is 30.9 Å². The van der Waals surface area contributed by atoms with Crippen molar-refractivity contribution in [1.29, 1.82) is 0 Å². The maximum absolute atomic E-state index is 12.0. The standard InChI is InChI=1S/C20H23N3O6S/c1-2-28-15-7-5-14(6-8-15)19(26)22-12-18(25)29-13-17(24)23-20(27)21-10-9-16-4-3-11-30-16/h3-8,11H,2,9-10,12-13H2,1H3,(H,22,26)(H2,21,23,24,27). The Morgan fingerprint density at radius 3 is 2.47 bits per heavy atom. The number of urea groups is 1. The Morgan fingerprint density at radius 1 is 1.03 bits per heavy atom. The fraction of sp³-hybridized carbons (Fsp3) is 0.300. The van der Waals surface area contributed by atoms with Gasteiger partial charge < -0.3 is 20.1 Å². The number of rotatable bonds is 10. The molecule has 0 fully saturated rings. The summed E-state index contributed by atoms with van der Waals surface area (Å²) < 4.78 is 10.0. The molecular formula is C20H23N3O6S. The van der Waals surface area contributed by atoms with E-state index >= 15 is 0 Å². The van der Waals surface area contributed by atoms with Crippen molar-refractivity contribution in [2.75, 3.05) is 26.3 Å². The molecule has 1 aromatic carbocycles. The number of ether oxygens (including phenoxy) is 2. The summed E-state index contributed by atoms with van der Waals surface area (Å²) >= 11 is 1.58. The fourth-order valence-corrected chi connectivity index (χ4v) is 2.99. The average Bonchev–Trinajstić information content (AvgIpc) is 3.25. The number of hydrogen-bond donors (Lipinski definition) is 3. The zero-order chi connectivity index (χ0) is 21.8. The lowest BCUT2D eigenvalue weighted by Crippen LogP contribution is -2.42. The molecular weight excluding hydrogens is 410 g/mol. The van der Waals surface area contributed by atoms with E-state index in [2.05, 4.69) is 16.0 Å². The third kappa shape index (κ3) is 8.31. The van der Waals surface area contributed by atoms with Crippen molar-refractivity contribution in [3.8, 4) is 5.75 Å². The molecule has 2 aromatic rings. The Bertz CT molecular complexity index is 852. The number of hydrogen-bond acceptors (Lipinski definition) is 7. The van der Waals surface area contributed by atoms with Gasteiger partial charge in [-0.3, -0.25) is 19.7 Å². The third-order valence-corrected chi connectivity index (χ3v) is 4.61. The van der Waals surface area contributed by atoms with Gasteiger partial charge in [0, 0.05) is 17.0 Å². The van der Waals surface area contributed by atoms with Gasteiger partial charge in [0.1, 0.15) is 12.3 Å². The van der Waals surface area contributed by atoms with Crippen LogP contribution in [-0.4, -0.2) is 50.1 Å². The molecule has 0 bridgehead atoms. The quantitative estimate of drug-likeness (QED) is 0.488. The second-order valence-electron chi connectivity index (χ2n) is 5.93. The summed E-state index contributed by atoms with van der Waals surface area (Å²) in [7, 11) is 0. The number of carbonyl (C=O) groups is 4. The van der Waals surface area contributed by atoms with Crippen LogP contribution in [0.5, 0.6) is 5.75 Å².